The van der Waals surface area contributed by atoms with E-state index in [1.165, 1.54) is 4.68 Å². The fraction of sp³-hybridized carbons (Fsp3) is 0.308. The van der Waals surface area contributed by atoms with Gasteiger partial charge in [-0.2, -0.15) is 18.3 Å². The highest BCUT2D eigenvalue weighted by Crippen LogP contribution is 2.36. The number of anilines is 1. The van der Waals surface area contributed by atoms with Gasteiger partial charge in [0.15, 0.2) is 0 Å². The van der Waals surface area contributed by atoms with Crippen molar-refractivity contribution in [1.82, 2.24) is 9.78 Å². The second-order valence-corrected chi connectivity index (χ2v) is 7.00. The van der Waals surface area contributed by atoms with Gasteiger partial charge in [-0.3, -0.25) is 9.40 Å². The molecule has 0 aliphatic carbocycles. The van der Waals surface area contributed by atoms with Crippen LogP contribution in [-0.2, 0) is 23.2 Å². The molecule has 0 fully saturated rings. The first-order valence-corrected chi connectivity index (χ1v) is 8.19. The number of nitrogens with zero attached hydrogens (tertiary/aromatic N) is 2. The number of rotatable bonds is 3. The minimum absolute atomic E-state index is 0.149. The van der Waals surface area contributed by atoms with Crippen LogP contribution in [0.2, 0.25) is 5.02 Å². The van der Waals surface area contributed by atoms with E-state index in [9.17, 15) is 21.6 Å². The zero-order valence-corrected chi connectivity index (χ0v) is 13.9. The van der Waals surface area contributed by atoms with Crippen molar-refractivity contribution in [3.63, 3.8) is 0 Å². The molecule has 1 N–H and O–H groups in total. The molecule has 0 atom stereocenters. The highest BCUT2D eigenvalue weighted by molar-refractivity contribution is 7.92. The third-order valence-corrected chi connectivity index (χ3v) is 4.92. The number of sulfonamides is 1. The SMILES string of the molecule is Cc1nn(C)c(C)c1NS(=O)(=O)c1ccc(Cl)cc1C(F)(F)F. The smallest absolute Gasteiger partial charge is 0.276 e. The van der Waals surface area contributed by atoms with E-state index in [2.05, 4.69) is 9.82 Å². The summed E-state index contributed by atoms with van der Waals surface area (Å²) in [5, 5.41) is 3.82. The van der Waals surface area contributed by atoms with E-state index in [4.69, 9.17) is 11.6 Å². The third kappa shape index (κ3) is 3.45. The summed E-state index contributed by atoms with van der Waals surface area (Å²) in [5.74, 6) is 0. The van der Waals surface area contributed by atoms with Crippen LogP contribution in [0.4, 0.5) is 18.9 Å². The van der Waals surface area contributed by atoms with E-state index >= 15 is 0 Å². The summed E-state index contributed by atoms with van der Waals surface area (Å²) < 4.78 is 67.7. The van der Waals surface area contributed by atoms with E-state index in [1.54, 1.807) is 20.9 Å². The van der Waals surface area contributed by atoms with Crippen LogP contribution in [0.5, 0.6) is 0 Å². The Hall–Kier alpha value is -1.74. The standard InChI is InChI=1S/C13H13ClF3N3O2S/c1-7-12(8(2)20(3)18-7)19-23(21,22)11-5-4-9(14)6-10(11)13(15,16)17/h4-6,19H,1-3H3. The number of hydrogen-bond donors (Lipinski definition) is 1. The summed E-state index contributed by atoms with van der Waals surface area (Å²) >= 11 is 5.56. The van der Waals surface area contributed by atoms with Crippen molar-refractivity contribution < 1.29 is 21.6 Å². The minimum atomic E-state index is -4.85. The highest BCUT2D eigenvalue weighted by atomic mass is 35.5. The number of hydrogen-bond acceptors (Lipinski definition) is 3. The maximum atomic E-state index is 13.1. The third-order valence-electron chi connectivity index (χ3n) is 3.28. The summed E-state index contributed by atoms with van der Waals surface area (Å²) in [6.07, 6.45) is -4.85. The molecule has 5 nitrogen and oxygen atoms in total. The Labute approximate surface area is 136 Å². The predicted molar refractivity (Wildman–Crippen MR) is 79.9 cm³/mol. The van der Waals surface area contributed by atoms with Crippen LogP contribution in [0.15, 0.2) is 23.1 Å². The number of halogens is 4. The average molecular weight is 368 g/mol. The lowest BCUT2D eigenvalue weighted by Gasteiger charge is -2.15. The van der Waals surface area contributed by atoms with Crippen molar-refractivity contribution in [2.24, 2.45) is 7.05 Å². The second kappa shape index (κ2) is 5.72. The highest BCUT2D eigenvalue weighted by Gasteiger charge is 2.37. The molecule has 0 radical (unpaired) electrons. The molecule has 2 rings (SSSR count). The molecule has 23 heavy (non-hydrogen) atoms. The molecule has 126 valence electrons. The maximum Gasteiger partial charge on any atom is 0.417 e. The number of alkyl halides is 3. The van der Waals surface area contributed by atoms with Gasteiger partial charge in [-0.1, -0.05) is 11.6 Å². The van der Waals surface area contributed by atoms with Crippen LogP contribution in [0.1, 0.15) is 17.0 Å². The number of benzene rings is 1. The Morgan fingerprint density at radius 2 is 1.87 bits per heavy atom. The van der Waals surface area contributed by atoms with Crippen molar-refractivity contribution in [2.45, 2.75) is 24.9 Å². The quantitative estimate of drug-likeness (QED) is 0.902. The van der Waals surface area contributed by atoms with Crippen molar-refractivity contribution in [3.05, 3.63) is 40.2 Å². The van der Waals surface area contributed by atoms with Gasteiger partial charge in [0.2, 0.25) is 0 Å². The van der Waals surface area contributed by atoms with E-state index in [1.807, 2.05) is 0 Å². The van der Waals surface area contributed by atoms with Gasteiger partial charge in [0, 0.05) is 12.1 Å². The van der Waals surface area contributed by atoms with Crippen molar-refractivity contribution in [1.29, 1.82) is 0 Å². The van der Waals surface area contributed by atoms with Gasteiger partial charge in [-0.25, -0.2) is 8.42 Å². The van der Waals surface area contributed by atoms with Gasteiger partial charge >= 0.3 is 6.18 Å². The fourth-order valence-corrected chi connectivity index (χ4v) is 3.63. The van der Waals surface area contributed by atoms with E-state index in [0.29, 0.717) is 17.5 Å². The van der Waals surface area contributed by atoms with Crippen LogP contribution in [0.3, 0.4) is 0 Å². The second-order valence-electron chi connectivity index (χ2n) is 4.91. The fourth-order valence-electron chi connectivity index (χ4n) is 2.07. The van der Waals surface area contributed by atoms with Gasteiger partial charge < -0.3 is 0 Å². The first kappa shape index (κ1) is 17.6. The Morgan fingerprint density at radius 3 is 2.35 bits per heavy atom. The van der Waals surface area contributed by atoms with Crippen molar-refractivity contribution in [3.8, 4) is 0 Å². The number of nitrogens with one attached hydrogen (secondary N) is 1. The zero-order valence-electron chi connectivity index (χ0n) is 12.4. The Balaban J connectivity index is 2.57. The van der Waals surface area contributed by atoms with Gasteiger partial charge in [0.1, 0.15) is 0 Å². The number of aryl methyl sites for hydroxylation is 2. The summed E-state index contributed by atoms with van der Waals surface area (Å²) in [7, 11) is -2.86. The first-order valence-electron chi connectivity index (χ1n) is 6.33. The van der Waals surface area contributed by atoms with Crippen LogP contribution in [0.25, 0.3) is 0 Å². The predicted octanol–water partition coefficient (Wildman–Crippen LogP) is 3.51. The van der Waals surface area contributed by atoms with Crippen LogP contribution in [-0.4, -0.2) is 18.2 Å². The summed E-state index contributed by atoms with van der Waals surface area (Å²) in [4.78, 5) is -0.892. The van der Waals surface area contributed by atoms with E-state index in [-0.39, 0.29) is 10.7 Å². The van der Waals surface area contributed by atoms with Crippen LogP contribution < -0.4 is 4.72 Å². The van der Waals surface area contributed by atoms with Crippen molar-refractivity contribution >= 4 is 27.3 Å². The largest absolute Gasteiger partial charge is 0.417 e. The first-order chi connectivity index (χ1) is 10.4. The molecule has 0 bridgehead atoms. The van der Waals surface area contributed by atoms with E-state index < -0.39 is 26.7 Å². The molecule has 2 aromatic rings. The molecule has 0 aliphatic heterocycles. The monoisotopic (exact) mass is 367 g/mol. The van der Waals surface area contributed by atoms with Gasteiger partial charge in [-0.05, 0) is 32.0 Å². The molecular formula is C13H13ClF3N3O2S. The molecule has 1 aromatic heterocycles. The summed E-state index contributed by atoms with van der Waals surface area (Å²) in [5.41, 5.74) is -0.336. The molecule has 0 spiro atoms. The normalized spacial score (nSPS) is 12.5. The lowest BCUT2D eigenvalue weighted by molar-refractivity contribution is -0.139. The zero-order chi connectivity index (χ0) is 17.6. The average Bonchev–Trinajstić information content (AvgIpc) is 2.64. The van der Waals surface area contributed by atoms with Crippen LogP contribution >= 0.6 is 11.6 Å². The Bertz CT molecular complexity index is 860. The summed E-state index contributed by atoms with van der Waals surface area (Å²) in [6.45, 7) is 3.15. The topological polar surface area (TPSA) is 64.0 Å². The maximum absolute atomic E-state index is 13.1. The van der Waals surface area contributed by atoms with E-state index in [0.717, 1.165) is 12.1 Å². The molecule has 0 saturated carbocycles. The van der Waals surface area contributed by atoms with Gasteiger partial charge in [0.05, 0.1) is 27.5 Å². The molecule has 0 saturated heterocycles. The van der Waals surface area contributed by atoms with Gasteiger partial charge in [-0.15, -0.1) is 0 Å². The lowest BCUT2D eigenvalue weighted by Crippen LogP contribution is -2.19. The molecule has 1 heterocycles. The molecule has 0 amide bonds. The number of aromatic nitrogens is 2. The molecule has 10 heteroatoms. The lowest BCUT2D eigenvalue weighted by atomic mass is 10.2. The minimum Gasteiger partial charge on any atom is -0.276 e. The molecular weight excluding hydrogens is 355 g/mol. The van der Waals surface area contributed by atoms with Crippen molar-refractivity contribution in [2.75, 3.05) is 4.72 Å². The molecule has 1 aromatic carbocycles. The molecule has 0 aliphatic rings. The van der Waals surface area contributed by atoms with Gasteiger partial charge in [0.25, 0.3) is 10.0 Å². The summed E-state index contributed by atoms with van der Waals surface area (Å²) in [6, 6.07) is 2.50. The van der Waals surface area contributed by atoms with Crippen LogP contribution in [0, 0.1) is 13.8 Å². The Kier molecular flexibility index (Phi) is 4.38. The molecule has 0 unspecified atom stereocenters. The Morgan fingerprint density at radius 1 is 1.26 bits per heavy atom.